The van der Waals surface area contributed by atoms with E-state index in [2.05, 4.69) is 62.1 Å². The Balaban J connectivity index is 1.18. The highest BCUT2D eigenvalue weighted by Crippen LogP contribution is 2.31. The Morgan fingerprint density at radius 3 is 2.32 bits per heavy atom. The van der Waals surface area contributed by atoms with Crippen molar-refractivity contribution in [1.82, 2.24) is 14.2 Å². The van der Waals surface area contributed by atoms with Crippen molar-refractivity contribution in [3.63, 3.8) is 0 Å². The van der Waals surface area contributed by atoms with Gasteiger partial charge in [-0.2, -0.15) is 5.26 Å². The Morgan fingerprint density at radius 2 is 1.62 bits per heavy atom. The van der Waals surface area contributed by atoms with E-state index in [9.17, 15) is 9.65 Å². The maximum absolute atomic E-state index is 13.2. The first-order valence-corrected chi connectivity index (χ1v) is 13.6. The number of pyridine rings is 1. The summed E-state index contributed by atoms with van der Waals surface area (Å²) >= 11 is 1.85. The fourth-order valence-corrected chi connectivity index (χ4v) is 6.10. The highest BCUT2D eigenvalue weighted by molar-refractivity contribution is 7.97. The molecule has 2 aromatic carbocycles. The summed E-state index contributed by atoms with van der Waals surface area (Å²) in [6, 6.07) is 18.1. The molecule has 0 bridgehead atoms. The number of hydrogen-bond donors (Lipinski definition) is 0. The van der Waals surface area contributed by atoms with Gasteiger partial charge >= 0.3 is 0 Å². The molecule has 2 fully saturated rings. The monoisotopic (exact) mass is 516 g/mol. The van der Waals surface area contributed by atoms with Crippen LogP contribution in [0, 0.1) is 31.0 Å². The van der Waals surface area contributed by atoms with Crippen molar-refractivity contribution in [3.8, 4) is 6.07 Å². The lowest BCUT2D eigenvalue weighted by Crippen LogP contribution is -2.46. The molecule has 1 aromatic heterocycles. The van der Waals surface area contributed by atoms with E-state index in [0.717, 1.165) is 76.0 Å². The topological polar surface area (TPSA) is 49.6 Å². The van der Waals surface area contributed by atoms with E-state index in [1.807, 2.05) is 30.1 Å². The van der Waals surface area contributed by atoms with Crippen LogP contribution in [0.1, 0.15) is 22.3 Å². The van der Waals surface area contributed by atoms with Crippen molar-refractivity contribution < 1.29 is 4.39 Å². The molecule has 3 heterocycles. The van der Waals surface area contributed by atoms with Crippen LogP contribution in [-0.2, 0) is 6.54 Å². The smallest absolute Gasteiger partial charge is 0.141 e. The molecule has 0 N–H and O–H groups in total. The molecule has 5 rings (SSSR count). The highest BCUT2D eigenvalue weighted by Gasteiger charge is 2.22. The van der Waals surface area contributed by atoms with Crippen LogP contribution in [0.25, 0.3) is 0 Å². The van der Waals surface area contributed by atoms with Gasteiger partial charge in [-0.25, -0.2) is 13.7 Å². The van der Waals surface area contributed by atoms with E-state index in [4.69, 9.17) is 0 Å². The Morgan fingerprint density at radius 1 is 0.892 bits per heavy atom. The second-order valence-electron chi connectivity index (χ2n) is 9.78. The number of rotatable bonds is 6. The van der Waals surface area contributed by atoms with Crippen LogP contribution < -0.4 is 9.80 Å². The first kappa shape index (κ1) is 25.5. The third-order valence-corrected chi connectivity index (χ3v) is 8.53. The van der Waals surface area contributed by atoms with E-state index >= 15 is 0 Å². The van der Waals surface area contributed by atoms with E-state index in [1.54, 1.807) is 6.07 Å². The molecule has 2 aliphatic rings. The quantitative estimate of drug-likeness (QED) is 0.434. The number of anilines is 2. The Bertz CT molecular complexity index is 1260. The lowest BCUT2D eigenvalue weighted by atomic mass is 10.0. The minimum Gasteiger partial charge on any atom is -0.368 e. The van der Waals surface area contributed by atoms with Gasteiger partial charge in [-0.15, -0.1) is 0 Å². The van der Waals surface area contributed by atoms with Crippen molar-refractivity contribution >= 4 is 23.5 Å². The zero-order valence-corrected chi connectivity index (χ0v) is 22.3. The maximum atomic E-state index is 13.2. The van der Waals surface area contributed by atoms with E-state index in [0.29, 0.717) is 0 Å². The summed E-state index contributed by atoms with van der Waals surface area (Å²) in [4.78, 5) is 12.6. The van der Waals surface area contributed by atoms with Gasteiger partial charge in [-0.05, 0) is 72.8 Å². The molecule has 0 radical (unpaired) electrons. The standard InChI is InChI=1S/C29H33FN6S/c1-22-17-23(2)28(37-36-15-13-35(14-16-36)29-8-7-26(30)20-32-29)18-25(22)21-33-9-11-34(12-10-33)27-6-4-3-5-24(27)19-31/h3-8,17-18,20H,9-16,21H2,1-2H3. The van der Waals surface area contributed by atoms with E-state index in [1.165, 1.54) is 33.8 Å². The number of halogens is 1. The number of para-hydroxylation sites is 1. The third kappa shape index (κ3) is 6.07. The minimum atomic E-state index is -0.296. The number of nitrogens with zero attached hydrogens (tertiary/aromatic N) is 6. The Kier molecular flexibility index (Phi) is 7.94. The number of nitriles is 1. The van der Waals surface area contributed by atoms with E-state index < -0.39 is 0 Å². The molecule has 0 unspecified atom stereocenters. The van der Waals surface area contributed by atoms with Crippen molar-refractivity contribution in [2.75, 3.05) is 62.2 Å². The number of aryl methyl sites for hydroxylation is 2. The second-order valence-corrected chi connectivity index (χ2v) is 10.9. The van der Waals surface area contributed by atoms with Crippen LogP contribution in [-0.4, -0.2) is 66.5 Å². The molecule has 2 aliphatic heterocycles. The summed E-state index contributed by atoms with van der Waals surface area (Å²) in [5.41, 5.74) is 5.83. The largest absolute Gasteiger partial charge is 0.368 e. The molecular weight excluding hydrogens is 483 g/mol. The van der Waals surface area contributed by atoms with Crippen molar-refractivity contribution in [2.45, 2.75) is 25.3 Å². The zero-order chi connectivity index (χ0) is 25.8. The van der Waals surface area contributed by atoms with Gasteiger partial charge in [-0.1, -0.05) is 18.2 Å². The first-order chi connectivity index (χ1) is 18.0. The maximum Gasteiger partial charge on any atom is 0.141 e. The van der Waals surface area contributed by atoms with Crippen LogP contribution in [0.4, 0.5) is 15.9 Å². The van der Waals surface area contributed by atoms with Gasteiger partial charge in [0.25, 0.3) is 0 Å². The van der Waals surface area contributed by atoms with Crippen LogP contribution in [0.2, 0.25) is 0 Å². The van der Waals surface area contributed by atoms with Crippen LogP contribution >= 0.6 is 11.9 Å². The molecule has 8 heteroatoms. The van der Waals surface area contributed by atoms with E-state index in [-0.39, 0.29) is 5.82 Å². The SMILES string of the molecule is Cc1cc(C)c(SN2CCN(c3ccc(F)cn3)CC2)cc1CN1CCN(c2ccccc2C#N)CC1. The number of hydrogen-bond acceptors (Lipinski definition) is 7. The predicted octanol–water partition coefficient (Wildman–Crippen LogP) is 4.86. The predicted molar refractivity (Wildman–Crippen MR) is 148 cm³/mol. The van der Waals surface area contributed by atoms with Gasteiger partial charge in [0.1, 0.15) is 17.7 Å². The second kappa shape index (κ2) is 11.5. The summed E-state index contributed by atoms with van der Waals surface area (Å²) < 4.78 is 15.6. The van der Waals surface area contributed by atoms with Gasteiger partial charge in [0.05, 0.1) is 17.4 Å². The number of aromatic nitrogens is 1. The fraction of sp³-hybridized carbons (Fsp3) is 0.379. The van der Waals surface area contributed by atoms with Crippen molar-refractivity contribution in [1.29, 1.82) is 5.26 Å². The van der Waals surface area contributed by atoms with Crippen LogP contribution in [0.5, 0.6) is 0 Å². The van der Waals surface area contributed by atoms with Gasteiger partial charge in [-0.3, -0.25) is 4.90 Å². The third-order valence-electron chi connectivity index (χ3n) is 7.27. The van der Waals surface area contributed by atoms with Gasteiger partial charge in [0.15, 0.2) is 0 Å². The lowest BCUT2D eigenvalue weighted by molar-refractivity contribution is 0.249. The molecule has 2 saturated heterocycles. The average molecular weight is 517 g/mol. The summed E-state index contributed by atoms with van der Waals surface area (Å²) in [5, 5.41) is 9.46. The Hall–Kier alpha value is -3.12. The molecule has 0 spiro atoms. The summed E-state index contributed by atoms with van der Waals surface area (Å²) in [7, 11) is 0. The molecule has 0 amide bonds. The lowest BCUT2D eigenvalue weighted by Gasteiger charge is -2.37. The van der Waals surface area contributed by atoms with Gasteiger partial charge < -0.3 is 9.80 Å². The number of benzene rings is 2. The van der Waals surface area contributed by atoms with Crippen LogP contribution in [0.15, 0.2) is 59.6 Å². The molecule has 37 heavy (non-hydrogen) atoms. The molecule has 192 valence electrons. The van der Waals surface area contributed by atoms with Crippen molar-refractivity contribution in [3.05, 3.63) is 82.8 Å². The molecular formula is C29H33FN6S. The molecule has 0 aliphatic carbocycles. The normalized spacial score (nSPS) is 17.1. The van der Waals surface area contributed by atoms with Crippen molar-refractivity contribution in [2.24, 2.45) is 0 Å². The fourth-order valence-electron chi connectivity index (χ4n) is 5.08. The minimum absolute atomic E-state index is 0.296. The summed E-state index contributed by atoms with van der Waals surface area (Å²) in [5.74, 6) is 0.547. The molecule has 3 aromatic rings. The highest BCUT2D eigenvalue weighted by atomic mass is 32.2. The number of piperazine rings is 2. The summed E-state index contributed by atoms with van der Waals surface area (Å²) in [6.07, 6.45) is 1.29. The average Bonchev–Trinajstić information content (AvgIpc) is 2.93. The molecule has 0 atom stereocenters. The zero-order valence-electron chi connectivity index (χ0n) is 21.5. The molecule has 6 nitrogen and oxygen atoms in total. The molecule has 0 saturated carbocycles. The first-order valence-electron chi connectivity index (χ1n) is 12.9. The summed E-state index contributed by atoms with van der Waals surface area (Å²) in [6.45, 7) is 12.8. The van der Waals surface area contributed by atoms with Gasteiger partial charge in [0.2, 0.25) is 0 Å². The van der Waals surface area contributed by atoms with Crippen LogP contribution in [0.3, 0.4) is 0 Å². The Labute approximate surface area is 223 Å². The van der Waals surface area contributed by atoms with Gasteiger partial charge in [0, 0.05) is 63.8 Å².